The molecule has 0 spiro atoms. The second-order valence-corrected chi connectivity index (χ2v) is 5.78. The van der Waals surface area contributed by atoms with Crippen LogP contribution in [0.25, 0.3) is 32.2 Å². The molecule has 3 heteroatoms. The summed E-state index contributed by atoms with van der Waals surface area (Å²) in [6, 6.07) is 10.4. The van der Waals surface area contributed by atoms with Crippen molar-refractivity contribution in [3.63, 3.8) is 0 Å². The van der Waals surface area contributed by atoms with Gasteiger partial charge in [-0.2, -0.15) is 0 Å². The highest BCUT2D eigenvalue weighted by molar-refractivity contribution is 7.19. The molecule has 0 N–H and O–H groups in total. The van der Waals surface area contributed by atoms with Crippen molar-refractivity contribution >= 4 is 43.5 Å². The van der Waals surface area contributed by atoms with Crippen LogP contribution in [0, 0.1) is 13.8 Å². The summed E-state index contributed by atoms with van der Waals surface area (Å²) in [4.78, 5) is 4.55. The average molecular weight is 253 g/mol. The lowest BCUT2D eigenvalue weighted by molar-refractivity contribution is 0.666. The fourth-order valence-corrected chi connectivity index (χ4v) is 3.49. The lowest BCUT2D eigenvalue weighted by Gasteiger charge is -1.92. The van der Waals surface area contributed by atoms with E-state index in [9.17, 15) is 0 Å². The fourth-order valence-electron chi connectivity index (χ4n) is 2.52. The molecule has 2 nitrogen and oxygen atoms in total. The average Bonchev–Trinajstić information content (AvgIpc) is 2.88. The van der Waals surface area contributed by atoms with Gasteiger partial charge in [-0.05, 0) is 31.5 Å². The molecule has 2 heterocycles. The summed E-state index contributed by atoms with van der Waals surface area (Å²) in [5.74, 6) is 0. The van der Waals surface area contributed by atoms with E-state index < -0.39 is 0 Å². The van der Waals surface area contributed by atoms with Crippen LogP contribution in [0.15, 0.2) is 34.7 Å². The second kappa shape index (κ2) is 3.33. The summed E-state index contributed by atoms with van der Waals surface area (Å²) in [6.45, 7) is 4.13. The number of fused-ring (bicyclic) bond motifs is 5. The Balaban J connectivity index is 2.36. The zero-order valence-electron chi connectivity index (χ0n) is 10.2. The van der Waals surface area contributed by atoms with Gasteiger partial charge in [-0.3, -0.25) is 0 Å². The number of nitrogens with zero attached hydrogens (tertiary/aromatic N) is 1. The molecule has 0 amide bonds. The lowest BCUT2D eigenvalue weighted by atomic mass is 10.1. The van der Waals surface area contributed by atoms with E-state index in [0.29, 0.717) is 0 Å². The predicted molar refractivity (Wildman–Crippen MR) is 76.4 cm³/mol. The maximum Gasteiger partial charge on any atom is 0.138 e. The lowest BCUT2D eigenvalue weighted by Crippen LogP contribution is -1.72. The summed E-state index contributed by atoms with van der Waals surface area (Å²) in [6.07, 6.45) is 0. The quantitative estimate of drug-likeness (QED) is 0.449. The van der Waals surface area contributed by atoms with Gasteiger partial charge in [-0.15, -0.1) is 11.3 Å². The zero-order valence-corrected chi connectivity index (χ0v) is 11.0. The second-order valence-electron chi connectivity index (χ2n) is 4.57. The summed E-state index contributed by atoms with van der Waals surface area (Å²) in [5, 5.41) is 3.50. The van der Waals surface area contributed by atoms with Crippen LogP contribution in [0.1, 0.15) is 10.6 Å². The van der Waals surface area contributed by atoms with Crippen LogP contribution in [-0.4, -0.2) is 4.98 Å². The minimum Gasteiger partial charge on any atom is -0.456 e. The van der Waals surface area contributed by atoms with Crippen LogP contribution in [0.3, 0.4) is 0 Å². The van der Waals surface area contributed by atoms with Gasteiger partial charge in [0.1, 0.15) is 11.2 Å². The van der Waals surface area contributed by atoms with Gasteiger partial charge in [0.25, 0.3) is 0 Å². The number of rotatable bonds is 0. The number of aromatic nitrogens is 1. The molecule has 0 atom stereocenters. The number of para-hydroxylation sites is 1. The summed E-state index contributed by atoms with van der Waals surface area (Å²) in [5.41, 5.74) is 4.19. The van der Waals surface area contributed by atoms with Crippen LogP contribution in [0.5, 0.6) is 0 Å². The first-order valence-electron chi connectivity index (χ1n) is 5.92. The molecule has 0 unspecified atom stereocenters. The fraction of sp³-hybridized carbons (Fsp3) is 0.133. The highest BCUT2D eigenvalue weighted by Gasteiger charge is 2.13. The topological polar surface area (TPSA) is 26.0 Å². The molecule has 0 saturated carbocycles. The molecule has 18 heavy (non-hydrogen) atoms. The zero-order chi connectivity index (χ0) is 12.3. The van der Waals surface area contributed by atoms with Gasteiger partial charge in [0.15, 0.2) is 0 Å². The highest BCUT2D eigenvalue weighted by Crippen LogP contribution is 2.37. The molecule has 4 aromatic rings. The van der Waals surface area contributed by atoms with E-state index in [0.717, 1.165) is 21.7 Å². The van der Waals surface area contributed by atoms with Gasteiger partial charge < -0.3 is 4.42 Å². The molecule has 0 radical (unpaired) electrons. The number of thiazole rings is 1. The molecule has 88 valence electrons. The first-order valence-corrected chi connectivity index (χ1v) is 6.73. The maximum absolute atomic E-state index is 5.98. The van der Waals surface area contributed by atoms with E-state index >= 15 is 0 Å². The van der Waals surface area contributed by atoms with Gasteiger partial charge in [0.2, 0.25) is 0 Å². The molecule has 4 rings (SSSR count). The van der Waals surface area contributed by atoms with E-state index in [1.165, 1.54) is 21.0 Å². The van der Waals surface area contributed by atoms with E-state index in [1.807, 2.05) is 19.1 Å². The Kier molecular flexibility index (Phi) is 1.87. The van der Waals surface area contributed by atoms with Gasteiger partial charge in [0, 0.05) is 10.8 Å². The number of hydrogen-bond donors (Lipinski definition) is 0. The highest BCUT2D eigenvalue weighted by atomic mass is 32.1. The normalized spacial score (nSPS) is 11.9. The smallest absolute Gasteiger partial charge is 0.138 e. The van der Waals surface area contributed by atoms with Crippen molar-refractivity contribution < 1.29 is 4.42 Å². The van der Waals surface area contributed by atoms with Crippen molar-refractivity contribution in [2.45, 2.75) is 13.8 Å². The van der Waals surface area contributed by atoms with Crippen LogP contribution >= 0.6 is 11.3 Å². The number of benzene rings is 2. The summed E-state index contributed by atoms with van der Waals surface area (Å²) >= 11 is 1.74. The Labute approximate surface area is 108 Å². The molecule has 0 aliphatic heterocycles. The van der Waals surface area contributed by atoms with Gasteiger partial charge in [-0.25, -0.2) is 4.98 Å². The third-order valence-corrected chi connectivity index (χ3v) is 4.32. The number of furan rings is 1. The number of hydrogen-bond acceptors (Lipinski definition) is 3. The molecule has 2 aromatic carbocycles. The van der Waals surface area contributed by atoms with Crippen LogP contribution in [0.2, 0.25) is 0 Å². The number of aryl methyl sites for hydroxylation is 2. The molecule has 0 bridgehead atoms. The Morgan fingerprint density at radius 2 is 2.00 bits per heavy atom. The minimum absolute atomic E-state index is 0.954. The van der Waals surface area contributed by atoms with E-state index in [-0.39, 0.29) is 0 Å². The van der Waals surface area contributed by atoms with E-state index in [1.54, 1.807) is 11.3 Å². The molecular formula is C15H11NOS. The Bertz CT molecular complexity index is 901. The Morgan fingerprint density at radius 1 is 1.11 bits per heavy atom. The van der Waals surface area contributed by atoms with Crippen molar-refractivity contribution in [3.8, 4) is 0 Å². The maximum atomic E-state index is 5.98. The van der Waals surface area contributed by atoms with Gasteiger partial charge >= 0.3 is 0 Å². The molecule has 0 aliphatic carbocycles. The molecule has 0 saturated heterocycles. The SMILES string of the molecule is Cc1nc2ccc3oc4c(C)cccc4c3c2s1. The standard InChI is InChI=1S/C15H11NOS/c1-8-4-3-5-10-13-12(17-14(8)10)7-6-11-15(13)18-9(2)16-11/h3-7H,1-2H3. The largest absolute Gasteiger partial charge is 0.456 e. The molecule has 0 fully saturated rings. The molecular weight excluding hydrogens is 242 g/mol. The first kappa shape index (κ1) is 10.1. The van der Waals surface area contributed by atoms with Crippen LogP contribution in [0.4, 0.5) is 0 Å². The van der Waals surface area contributed by atoms with Crippen LogP contribution < -0.4 is 0 Å². The van der Waals surface area contributed by atoms with E-state index in [4.69, 9.17) is 4.42 Å². The molecule has 2 aromatic heterocycles. The van der Waals surface area contributed by atoms with E-state index in [2.05, 4.69) is 30.1 Å². The Morgan fingerprint density at radius 3 is 2.89 bits per heavy atom. The first-order chi connectivity index (χ1) is 8.74. The predicted octanol–water partition coefficient (Wildman–Crippen LogP) is 4.81. The Hall–Kier alpha value is -1.87. The van der Waals surface area contributed by atoms with Gasteiger partial charge in [-0.1, -0.05) is 18.2 Å². The van der Waals surface area contributed by atoms with Gasteiger partial charge in [0.05, 0.1) is 15.2 Å². The minimum atomic E-state index is 0.954. The summed E-state index contributed by atoms with van der Waals surface area (Å²) < 4.78 is 7.21. The summed E-state index contributed by atoms with van der Waals surface area (Å²) in [7, 11) is 0. The van der Waals surface area contributed by atoms with Crippen molar-refractivity contribution in [1.82, 2.24) is 4.98 Å². The van der Waals surface area contributed by atoms with Crippen molar-refractivity contribution in [1.29, 1.82) is 0 Å². The van der Waals surface area contributed by atoms with Crippen LogP contribution in [-0.2, 0) is 0 Å². The van der Waals surface area contributed by atoms with Crippen molar-refractivity contribution in [2.75, 3.05) is 0 Å². The van der Waals surface area contributed by atoms with Crippen molar-refractivity contribution in [3.05, 3.63) is 40.9 Å². The molecule has 0 aliphatic rings. The van der Waals surface area contributed by atoms with Crippen molar-refractivity contribution in [2.24, 2.45) is 0 Å². The third-order valence-electron chi connectivity index (χ3n) is 3.32. The third kappa shape index (κ3) is 1.20. The monoisotopic (exact) mass is 253 g/mol.